The second kappa shape index (κ2) is 6.33. The molecule has 0 aliphatic heterocycles. The van der Waals surface area contributed by atoms with Gasteiger partial charge in [0.05, 0.1) is 10.4 Å². The Labute approximate surface area is 120 Å². The van der Waals surface area contributed by atoms with Crippen LogP contribution in [0, 0.1) is 0 Å². The molecule has 2 heterocycles. The summed E-state index contributed by atoms with van der Waals surface area (Å²) >= 11 is 1.33. The number of rotatable bonds is 6. The van der Waals surface area contributed by atoms with Crippen molar-refractivity contribution in [3.05, 3.63) is 23.2 Å². The number of nitrogens with two attached hydrogens (primary N) is 2. The SMILES string of the molecule is NC(=O)CCCCNC(=O)c1sc2cccnc2c1N. The average Bonchev–Trinajstić information content (AvgIpc) is 2.76. The molecule has 0 fully saturated rings. The van der Waals surface area contributed by atoms with Crippen LogP contribution in [0.15, 0.2) is 18.3 Å². The lowest BCUT2D eigenvalue weighted by atomic mass is 10.2. The van der Waals surface area contributed by atoms with Crippen LogP contribution < -0.4 is 16.8 Å². The van der Waals surface area contributed by atoms with Crippen molar-refractivity contribution in [3.63, 3.8) is 0 Å². The number of nitrogens with zero attached hydrogens (tertiary/aromatic N) is 1. The molecule has 0 atom stereocenters. The van der Waals surface area contributed by atoms with Crippen LogP contribution in [0.4, 0.5) is 5.69 Å². The molecular formula is C13H16N4O2S. The summed E-state index contributed by atoms with van der Waals surface area (Å²) in [5.41, 5.74) is 12.1. The lowest BCUT2D eigenvalue weighted by Gasteiger charge is -2.03. The molecule has 0 spiro atoms. The van der Waals surface area contributed by atoms with Crippen molar-refractivity contribution in [1.82, 2.24) is 10.3 Å². The molecule has 0 unspecified atom stereocenters. The third-order valence-corrected chi connectivity index (χ3v) is 3.98. The molecule has 2 aromatic heterocycles. The van der Waals surface area contributed by atoms with E-state index in [0.717, 1.165) is 4.70 Å². The molecule has 5 N–H and O–H groups in total. The highest BCUT2D eigenvalue weighted by atomic mass is 32.1. The summed E-state index contributed by atoms with van der Waals surface area (Å²) in [4.78, 5) is 27.3. The van der Waals surface area contributed by atoms with Crippen LogP contribution in [-0.4, -0.2) is 23.3 Å². The van der Waals surface area contributed by atoms with Crippen molar-refractivity contribution >= 4 is 39.1 Å². The molecule has 0 bridgehead atoms. The van der Waals surface area contributed by atoms with Crippen molar-refractivity contribution < 1.29 is 9.59 Å². The Morgan fingerprint density at radius 2 is 2.15 bits per heavy atom. The fourth-order valence-electron chi connectivity index (χ4n) is 1.82. The largest absolute Gasteiger partial charge is 0.396 e. The first-order valence-corrected chi connectivity index (χ1v) is 7.10. The van der Waals surface area contributed by atoms with Crippen LogP contribution in [0.2, 0.25) is 0 Å². The summed E-state index contributed by atoms with van der Waals surface area (Å²) in [5.74, 6) is -0.527. The van der Waals surface area contributed by atoms with Gasteiger partial charge in [-0.05, 0) is 25.0 Å². The van der Waals surface area contributed by atoms with Gasteiger partial charge < -0.3 is 16.8 Å². The average molecular weight is 292 g/mol. The van der Waals surface area contributed by atoms with E-state index in [1.165, 1.54) is 11.3 Å². The predicted octanol–water partition coefficient (Wildman–Crippen LogP) is 1.26. The minimum Gasteiger partial charge on any atom is -0.396 e. The Morgan fingerprint density at radius 3 is 2.85 bits per heavy atom. The molecule has 2 amide bonds. The van der Waals surface area contributed by atoms with Crippen LogP contribution in [-0.2, 0) is 4.79 Å². The first kappa shape index (κ1) is 14.3. The van der Waals surface area contributed by atoms with E-state index in [1.54, 1.807) is 6.20 Å². The van der Waals surface area contributed by atoms with Crippen LogP contribution in [0.25, 0.3) is 10.2 Å². The van der Waals surface area contributed by atoms with Crippen molar-refractivity contribution in [3.8, 4) is 0 Å². The highest BCUT2D eigenvalue weighted by Crippen LogP contribution is 2.31. The molecular weight excluding hydrogens is 276 g/mol. The highest BCUT2D eigenvalue weighted by molar-refractivity contribution is 7.21. The van der Waals surface area contributed by atoms with Gasteiger partial charge in [-0.15, -0.1) is 11.3 Å². The second-order valence-electron chi connectivity index (χ2n) is 4.37. The van der Waals surface area contributed by atoms with Gasteiger partial charge in [0.2, 0.25) is 5.91 Å². The number of hydrogen-bond donors (Lipinski definition) is 3. The van der Waals surface area contributed by atoms with Crippen LogP contribution in [0.1, 0.15) is 28.9 Å². The van der Waals surface area contributed by atoms with E-state index < -0.39 is 0 Å². The van der Waals surface area contributed by atoms with Crippen molar-refractivity contribution in [1.29, 1.82) is 0 Å². The quantitative estimate of drug-likeness (QED) is 0.696. The number of fused-ring (bicyclic) bond motifs is 1. The molecule has 106 valence electrons. The van der Waals surface area contributed by atoms with Crippen molar-refractivity contribution in [2.45, 2.75) is 19.3 Å². The van der Waals surface area contributed by atoms with Gasteiger partial charge in [-0.3, -0.25) is 14.6 Å². The smallest absolute Gasteiger partial charge is 0.263 e. The van der Waals surface area contributed by atoms with Gasteiger partial charge in [-0.25, -0.2) is 0 Å². The first-order valence-electron chi connectivity index (χ1n) is 6.29. The fourth-order valence-corrected chi connectivity index (χ4v) is 2.82. The summed E-state index contributed by atoms with van der Waals surface area (Å²) in [7, 11) is 0. The van der Waals surface area contributed by atoms with Crippen molar-refractivity contribution in [2.24, 2.45) is 5.73 Å². The summed E-state index contributed by atoms with van der Waals surface area (Å²) in [5, 5.41) is 2.79. The molecule has 20 heavy (non-hydrogen) atoms. The minimum atomic E-state index is -0.323. The molecule has 0 aliphatic carbocycles. The molecule has 0 saturated carbocycles. The Balaban J connectivity index is 1.94. The lowest BCUT2D eigenvalue weighted by molar-refractivity contribution is -0.118. The molecule has 0 saturated heterocycles. The number of unbranched alkanes of at least 4 members (excludes halogenated alkanes) is 1. The summed E-state index contributed by atoms with van der Waals surface area (Å²) in [6.45, 7) is 0.493. The molecule has 2 rings (SSSR count). The maximum absolute atomic E-state index is 12.0. The lowest BCUT2D eigenvalue weighted by Crippen LogP contribution is -2.24. The summed E-state index contributed by atoms with van der Waals surface area (Å²) < 4.78 is 0.892. The van der Waals surface area contributed by atoms with E-state index in [-0.39, 0.29) is 11.8 Å². The fraction of sp³-hybridized carbons (Fsp3) is 0.308. The number of pyridine rings is 1. The number of thiophene rings is 1. The van der Waals surface area contributed by atoms with Crippen LogP contribution in [0.3, 0.4) is 0 Å². The first-order chi connectivity index (χ1) is 9.59. The van der Waals surface area contributed by atoms with E-state index in [2.05, 4.69) is 10.3 Å². The van der Waals surface area contributed by atoms with Crippen molar-refractivity contribution in [2.75, 3.05) is 12.3 Å². The van der Waals surface area contributed by atoms with E-state index in [9.17, 15) is 9.59 Å². The van der Waals surface area contributed by atoms with Gasteiger partial charge >= 0.3 is 0 Å². The topological polar surface area (TPSA) is 111 Å². The standard InChI is InChI=1S/C13H16N4O2S/c14-9(18)5-1-2-6-17-13(19)12-10(15)11-8(20-12)4-3-7-16-11/h3-4,7H,1-2,5-6,15H2,(H2,14,18)(H,17,19). The highest BCUT2D eigenvalue weighted by Gasteiger charge is 2.16. The van der Waals surface area contributed by atoms with E-state index >= 15 is 0 Å². The number of carbonyl (C=O) groups is 2. The zero-order chi connectivity index (χ0) is 14.5. The van der Waals surface area contributed by atoms with E-state index in [0.29, 0.717) is 41.9 Å². The maximum atomic E-state index is 12.0. The normalized spacial score (nSPS) is 10.6. The van der Waals surface area contributed by atoms with Gasteiger partial charge in [-0.2, -0.15) is 0 Å². The number of primary amides is 1. The summed E-state index contributed by atoms with van der Waals surface area (Å²) in [6, 6.07) is 3.69. The number of hydrogen-bond acceptors (Lipinski definition) is 5. The van der Waals surface area contributed by atoms with E-state index in [4.69, 9.17) is 11.5 Å². The zero-order valence-corrected chi connectivity index (χ0v) is 11.7. The number of amides is 2. The molecule has 0 aliphatic rings. The number of nitrogens with one attached hydrogen (secondary N) is 1. The third-order valence-electron chi connectivity index (χ3n) is 2.82. The number of carbonyl (C=O) groups excluding carboxylic acids is 2. The number of aromatic nitrogens is 1. The molecule has 6 nitrogen and oxygen atoms in total. The maximum Gasteiger partial charge on any atom is 0.263 e. The van der Waals surface area contributed by atoms with Gasteiger partial charge in [0.25, 0.3) is 5.91 Å². The Morgan fingerprint density at radius 1 is 1.35 bits per heavy atom. The number of anilines is 1. The third kappa shape index (κ3) is 3.24. The Kier molecular flexibility index (Phi) is 4.52. The summed E-state index contributed by atoms with van der Waals surface area (Å²) in [6.07, 6.45) is 3.36. The molecule has 0 aromatic carbocycles. The minimum absolute atomic E-state index is 0.204. The Hall–Kier alpha value is -2.15. The molecule has 2 aromatic rings. The van der Waals surface area contributed by atoms with Crippen LogP contribution >= 0.6 is 11.3 Å². The predicted molar refractivity (Wildman–Crippen MR) is 79.4 cm³/mol. The second-order valence-corrected chi connectivity index (χ2v) is 5.43. The van der Waals surface area contributed by atoms with E-state index in [1.807, 2.05) is 12.1 Å². The Bertz CT molecular complexity index is 638. The van der Waals surface area contributed by atoms with Gasteiger partial charge in [0.1, 0.15) is 10.4 Å². The van der Waals surface area contributed by atoms with Gasteiger partial charge in [0.15, 0.2) is 0 Å². The monoisotopic (exact) mass is 292 g/mol. The molecule has 0 radical (unpaired) electrons. The zero-order valence-electron chi connectivity index (χ0n) is 10.9. The molecule has 7 heteroatoms. The number of nitrogen functional groups attached to an aromatic ring is 1. The van der Waals surface area contributed by atoms with Crippen LogP contribution in [0.5, 0.6) is 0 Å². The van der Waals surface area contributed by atoms with Gasteiger partial charge in [-0.1, -0.05) is 0 Å². The van der Waals surface area contributed by atoms with Gasteiger partial charge in [0, 0.05) is 19.2 Å².